The summed E-state index contributed by atoms with van der Waals surface area (Å²) in [5.74, 6) is 1.73. The molecule has 0 aromatic carbocycles. The maximum absolute atomic E-state index is 10.7. The molecule has 0 heterocycles. The van der Waals surface area contributed by atoms with Crippen LogP contribution in [-0.2, 0) is 4.79 Å². The predicted molar refractivity (Wildman–Crippen MR) is 46.7 cm³/mol. The van der Waals surface area contributed by atoms with E-state index in [1.165, 1.54) is 6.08 Å². The quantitative estimate of drug-likeness (QED) is 0.321. The molecule has 0 aromatic heterocycles. The Morgan fingerprint density at radius 1 is 1.07 bits per heavy atom. The number of nitrogens with zero attached hydrogens (tertiary/aromatic N) is 1. The molecule has 2 nitrogen and oxygen atoms in total. The van der Waals surface area contributed by atoms with E-state index in [4.69, 9.17) is 0 Å². The van der Waals surface area contributed by atoms with Gasteiger partial charge in [-0.3, -0.25) is 0 Å². The third kappa shape index (κ3) is 89.6. The van der Waals surface area contributed by atoms with Gasteiger partial charge in [-0.15, -0.1) is 0 Å². The standard InChI is InChI=1S/C6H12NO.F6P/c1-7(2,3)5-4-6-8;1-7(2,3,4,5)6/h4H,5H2,1-3H3;/q+1;-1. The van der Waals surface area contributed by atoms with Gasteiger partial charge in [0, 0.05) is 0 Å². The average Bonchev–Trinajstić information content (AvgIpc) is 1.73. The molecule has 0 rings (SSSR count). The predicted octanol–water partition coefficient (Wildman–Crippen LogP) is 3.46. The zero-order valence-corrected chi connectivity index (χ0v) is 9.25. The molecule has 9 heteroatoms. The van der Waals surface area contributed by atoms with E-state index in [-0.39, 0.29) is 0 Å². The van der Waals surface area contributed by atoms with Gasteiger partial charge >= 0.3 is 33.0 Å². The number of hydrogen-bond donors (Lipinski definition) is 0. The fourth-order valence-corrected chi connectivity index (χ4v) is 0.311. The Labute approximate surface area is 83.0 Å². The van der Waals surface area contributed by atoms with Crippen molar-refractivity contribution in [3.63, 3.8) is 0 Å². The van der Waals surface area contributed by atoms with Gasteiger partial charge in [0.2, 0.25) is 0 Å². The molecule has 0 aromatic rings. The van der Waals surface area contributed by atoms with Gasteiger partial charge in [-0.1, -0.05) is 0 Å². The molecule has 0 amide bonds. The van der Waals surface area contributed by atoms with Gasteiger partial charge in [0.25, 0.3) is 0 Å². The van der Waals surface area contributed by atoms with Crippen LogP contribution in [0.1, 0.15) is 0 Å². The molecule has 0 aliphatic rings. The van der Waals surface area contributed by atoms with E-state index in [2.05, 4.69) is 0 Å². The van der Waals surface area contributed by atoms with Crippen LogP contribution in [-0.4, -0.2) is 38.1 Å². The molecule has 0 N–H and O–H groups in total. The summed E-state index contributed by atoms with van der Waals surface area (Å²) in [4.78, 5) is 9.66. The van der Waals surface area contributed by atoms with Crippen molar-refractivity contribution in [3.05, 3.63) is 6.08 Å². The van der Waals surface area contributed by atoms with Crippen LogP contribution in [0.5, 0.6) is 0 Å². The van der Waals surface area contributed by atoms with Crippen molar-refractivity contribution in [2.45, 2.75) is 0 Å². The first-order valence-electron chi connectivity index (χ1n) is 3.57. The van der Waals surface area contributed by atoms with Gasteiger partial charge in [0.1, 0.15) is 12.5 Å². The number of hydrogen-bond acceptors (Lipinski definition) is 1. The van der Waals surface area contributed by atoms with Gasteiger partial charge in [-0.2, -0.15) is 0 Å². The molecule has 0 saturated carbocycles. The van der Waals surface area contributed by atoms with E-state index in [9.17, 15) is 30.0 Å². The summed E-state index contributed by atoms with van der Waals surface area (Å²) in [7, 11) is -4.59. The molecular weight excluding hydrogens is 247 g/mol. The summed E-state index contributed by atoms with van der Waals surface area (Å²) < 4.78 is 60.0. The first-order valence-corrected chi connectivity index (χ1v) is 5.60. The Bertz CT molecular complexity index is 244. The van der Waals surface area contributed by atoms with E-state index < -0.39 is 7.81 Å². The zero-order chi connectivity index (χ0) is 13.0. The van der Waals surface area contributed by atoms with Crippen molar-refractivity contribution in [1.82, 2.24) is 0 Å². The van der Waals surface area contributed by atoms with Crippen molar-refractivity contribution < 1.29 is 34.5 Å². The summed E-state index contributed by atoms with van der Waals surface area (Å²) in [5, 5.41) is 0. The first-order chi connectivity index (χ1) is 6.01. The second kappa shape index (κ2) is 3.77. The molecular formula is C6H12F6NOP. The molecule has 15 heavy (non-hydrogen) atoms. The van der Waals surface area contributed by atoms with Crippen LogP contribution in [0.2, 0.25) is 0 Å². The maximum atomic E-state index is 9.87. The van der Waals surface area contributed by atoms with E-state index in [1.807, 2.05) is 21.1 Å². The van der Waals surface area contributed by atoms with Crippen LogP contribution in [0.15, 0.2) is 6.08 Å². The number of halogens is 6. The molecule has 0 saturated heterocycles. The van der Waals surface area contributed by atoms with Crippen LogP contribution < -0.4 is 0 Å². The summed E-state index contributed by atoms with van der Waals surface area (Å²) in [5.41, 5.74) is 0. The van der Waals surface area contributed by atoms with Crippen molar-refractivity contribution in [2.24, 2.45) is 0 Å². The topological polar surface area (TPSA) is 17.1 Å². The monoisotopic (exact) mass is 259 g/mol. The summed E-state index contributed by atoms with van der Waals surface area (Å²) in [6.07, 6.45) is 1.50. The molecule has 0 aliphatic carbocycles. The molecule has 0 unspecified atom stereocenters. The fraction of sp³-hybridized carbons (Fsp3) is 0.667. The average molecular weight is 259 g/mol. The third-order valence-corrected chi connectivity index (χ3v) is 0.722. The van der Waals surface area contributed by atoms with Crippen LogP contribution in [0.25, 0.3) is 0 Å². The molecule has 0 fully saturated rings. The number of quaternary nitrogens is 1. The molecule has 94 valence electrons. The Kier molecular flexibility index (Phi) is 4.24. The second-order valence-corrected chi connectivity index (χ2v) is 5.67. The van der Waals surface area contributed by atoms with Gasteiger partial charge in [-0.25, -0.2) is 4.79 Å². The number of carbonyl (C=O) groups excluding carboxylic acids is 1. The molecule has 0 radical (unpaired) electrons. The van der Waals surface area contributed by atoms with Gasteiger partial charge in [0.15, 0.2) is 0 Å². The third-order valence-electron chi connectivity index (χ3n) is 0.722. The summed E-state index contributed by atoms with van der Waals surface area (Å²) in [6.45, 7) is 0.753. The Morgan fingerprint density at radius 2 is 1.33 bits per heavy atom. The van der Waals surface area contributed by atoms with E-state index in [0.717, 1.165) is 11.0 Å². The molecule has 0 atom stereocenters. The van der Waals surface area contributed by atoms with Gasteiger partial charge in [0.05, 0.1) is 27.2 Å². The van der Waals surface area contributed by atoms with Crippen molar-refractivity contribution in [3.8, 4) is 0 Å². The van der Waals surface area contributed by atoms with Crippen molar-refractivity contribution >= 4 is 13.7 Å². The second-order valence-electron chi connectivity index (χ2n) is 3.75. The number of likely N-dealkylation sites (N-methyl/N-ethyl adjacent to an activating group) is 1. The van der Waals surface area contributed by atoms with E-state index >= 15 is 0 Å². The molecule has 0 aliphatic heterocycles. The SMILES string of the molecule is C[N+](C)(C)CC=C=O.F[P-](F)(F)(F)(F)F. The van der Waals surface area contributed by atoms with Crippen LogP contribution in [0.3, 0.4) is 0 Å². The van der Waals surface area contributed by atoms with Crippen LogP contribution in [0.4, 0.5) is 25.2 Å². The first kappa shape index (κ1) is 16.8. The van der Waals surface area contributed by atoms with Crippen LogP contribution >= 0.6 is 7.81 Å². The van der Waals surface area contributed by atoms with Crippen molar-refractivity contribution in [1.29, 1.82) is 0 Å². The Balaban J connectivity index is 0. The molecule has 0 bridgehead atoms. The minimum atomic E-state index is -10.7. The zero-order valence-electron chi connectivity index (χ0n) is 8.35. The van der Waals surface area contributed by atoms with E-state index in [1.54, 1.807) is 5.94 Å². The fourth-order valence-electron chi connectivity index (χ4n) is 0.311. The Morgan fingerprint density at radius 3 is 1.40 bits per heavy atom. The number of rotatable bonds is 2. The van der Waals surface area contributed by atoms with Crippen LogP contribution in [0, 0.1) is 0 Å². The van der Waals surface area contributed by atoms with Crippen molar-refractivity contribution in [2.75, 3.05) is 27.7 Å². The Hall–Kier alpha value is -0.580. The molecule has 0 spiro atoms. The van der Waals surface area contributed by atoms with Gasteiger partial charge < -0.3 is 4.48 Å². The normalized spacial score (nSPS) is 16.3. The van der Waals surface area contributed by atoms with E-state index in [0.29, 0.717) is 0 Å². The summed E-state index contributed by atoms with van der Waals surface area (Å²) in [6, 6.07) is 0. The summed E-state index contributed by atoms with van der Waals surface area (Å²) >= 11 is 0. The van der Waals surface area contributed by atoms with Gasteiger partial charge in [-0.05, 0) is 0 Å². The minimum absolute atomic E-state index is 0.753.